The lowest BCUT2D eigenvalue weighted by atomic mass is 10.1. The fraction of sp³-hybridized carbons (Fsp3) is 0. The Balaban J connectivity index is 1.79. The van der Waals surface area contributed by atoms with E-state index in [2.05, 4.69) is 35.7 Å². The molecule has 0 amide bonds. The van der Waals surface area contributed by atoms with Crippen molar-refractivity contribution in [2.24, 2.45) is 0 Å². The summed E-state index contributed by atoms with van der Waals surface area (Å²) in [6.45, 7) is 0. The molecular formula is C17H11FN8. The standard InChI is InChI=1S/C17H11FN8/c18-11-5-1-2-6-12(11)22-16-17-25-21-9-26(17)13-7-3-4-10(14(13)23-16)15-19-8-20-24-15/h1-9H,(H,22,23)(H,19,20,24). The van der Waals surface area contributed by atoms with E-state index in [1.54, 1.807) is 28.9 Å². The van der Waals surface area contributed by atoms with Crippen molar-refractivity contribution >= 4 is 28.2 Å². The first-order chi connectivity index (χ1) is 12.8. The molecule has 0 spiro atoms. The van der Waals surface area contributed by atoms with Gasteiger partial charge < -0.3 is 5.32 Å². The Bertz CT molecular complexity index is 1230. The molecule has 0 aliphatic heterocycles. The first-order valence-corrected chi connectivity index (χ1v) is 7.81. The molecule has 5 aromatic rings. The number of anilines is 2. The highest BCUT2D eigenvalue weighted by Crippen LogP contribution is 2.29. The molecule has 2 N–H and O–H groups in total. The van der Waals surface area contributed by atoms with Crippen molar-refractivity contribution in [1.29, 1.82) is 0 Å². The summed E-state index contributed by atoms with van der Waals surface area (Å²) in [5, 5.41) is 17.8. The predicted octanol–water partition coefficient (Wildman–Crippen LogP) is 2.95. The van der Waals surface area contributed by atoms with Crippen LogP contribution in [0.2, 0.25) is 0 Å². The van der Waals surface area contributed by atoms with Crippen molar-refractivity contribution in [3.8, 4) is 11.4 Å². The lowest BCUT2D eigenvalue weighted by Gasteiger charge is -2.11. The molecule has 8 nitrogen and oxygen atoms in total. The Morgan fingerprint density at radius 2 is 2.00 bits per heavy atom. The number of benzene rings is 2. The number of para-hydroxylation sites is 2. The van der Waals surface area contributed by atoms with Gasteiger partial charge in [0.25, 0.3) is 0 Å². The zero-order valence-electron chi connectivity index (χ0n) is 13.3. The van der Waals surface area contributed by atoms with Crippen LogP contribution in [0.4, 0.5) is 15.9 Å². The molecule has 0 fully saturated rings. The molecule has 0 saturated heterocycles. The van der Waals surface area contributed by atoms with Crippen LogP contribution in [0.25, 0.3) is 28.1 Å². The van der Waals surface area contributed by atoms with E-state index in [0.717, 1.165) is 11.1 Å². The van der Waals surface area contributed by atoms with Gasteiger partial charge >= 0.3 is 0 Å². The van der Waals surface area contributed by atoms with E-state index in [9.17, 15) is 4.39 Å². The molecule has 3 heterocycles. The van der Waals surface area contributed by atoms with E-state index in [1.807, 2.05) is 18.2 Å². The lowest BCUT2D eigenvalue weighted by Crippen LogP contribution is -2.02. The molecule has 126 valence electrons. The number of halogens is 1. The van der Waals surface area contributed by atoms with Crippen molar-refractivity contribution in [1.82, 2.24) is 34.8 Å². The fourth-order valence-corrected chi connectivity index (χ4v) is 2.88. The minimum Gasteiger partial charge on any atom is -0.335 e. The first kappa shape index (κ1) is 14.5. The predicted molar refractivity (Wildman–Crippen MR) is 93.3 cm³/mol. The van der Waals surface area contributed by atoms with Gasteiger partial charge in [0, 0.05) is 5.56 Å². The Labute approximate surface area is 145 Å². The van der Waals surface area contributed by atoms with Gasteiger partial charge in [0.2, 0.25) is 5.65 Å². The minimum atomic E-state index is -0.379. The van der Waals surface area contributed by atoms with Crippen molar-refractivity contribution in [2.45, 2.75) is 0 Å². The molecule has 2 aromatic carbocycles. The summed E-state index contributed by atoms with van der Waals surface area (Å²) in [7, 11) is 0. The summed E-state index contributed by atoms with van der Waals surface area (Å²) in [6.07, 6.45) is 3.03. The highest BCUT2D eigenvalue weighted by atomic mass is 19.1. The summed E-state index contributed by atoms with van der Waals surface area (Å²) >= 11 is 0. The summed E-state index contributed by atoms with van der Waals surface area (Å²) in [5.74, 6) is 0.606. The van der Waals surface area contributed by atoms with Crippen LogP contribution in [0.3, 0.4) is 0 Å². The van der Waals surface area contributed by atoms with Gasteiger partial charge in [-0.25, -0.2) is 14.4 Å². The van der Waals surface area contributed by atoms with Crippen LogP contribution in [-0.4, -0.2) is 34.8 Å². The zero-order valence-corrected chi connectivity index (χ0v) is 13.3. The largest absolute Gasteiger partial charge is 0.335 e. The maximum Gasteiger partial charge on any atom is 0.204 e. The minimum absolute atomic E-state index is 0.307. The van der Waals surface area contributed by atoms with E-state index >= 15 is 0 Å². The Morgan fingerprint density at radius 1 is 1.08 bits per heavy atom. The molecule has 0 aliphatic carbocycles. The van der Waals surface area contributed by atoms with Gasteiger partial charge in [0.05, 0.1) is 11.2 Å². The van der Waals surface area contributed by atoms with Crippen molar-refractivity contribution in [3.05, 3.63) is 60.9 Å². The van der Waals surface area contributed by atoms with Crippen LogP contribution in [-0.2, 0) is 0 Å². The third-order valence-corrected chi connectivity index (χ3v) is 4.05. The summed E-state index contributed by atoms with van der Waals surface area (Å²) in [4.78, 5) is 8.88. The number of hydrogen-bond acceptors (Lipinski definition) is 6. The number of hydrogen-bond donors (Lipinski definition) is 2. The Hall–Kier alpha value is -3.88. The molecule has 3 aromatic heterocycles. The molecule has 26 heavy (non-hydrogen) atoms. The van der Waals surface area contributed by atoms with Gasteiger partial charge in [-0.05, 0) is 24.3 Å². The van der Waals surface area contributed by atoms with Crippen molar-refractivity contribution < 1.29 is 4.39 Å². The van der Waals surface area contributed by atoms with Gasteiger partial charge in [0.1, 0.15) is 24.0 Å². The topological polar surface area (TPSA) is 96.7 Å². The molecule has 0 radical (unpaired) electrons. The number of nitrogens with zero attached hydrogens (tertiary/aromatic N) is 6. The van der Waals surface area contributed by atoms with Crippen molar-refractivity contribution in [3.63, 3.8) is 0 Å². The van der Waals surface area contributed by atoms with Crippen molar-refractivity contribution in [2.75, 3.05) is 5.32 Å². The first-order valence-electron chi connectivity index (χ1n) is 7.81. The molecule has 0 saturated carbocycles. The smallest absolute Gasteiger partial charge is 0.204 e. The van der Waals surface area contributed by atoms with E-state index < -0.39 is 0 Å². The lowest BCUT2D eigenvalue weighted by molar-refractivity contribution is 0.632. The molecular weight excluding hydrogens is 335 g/mol. The van der Waals surface area contributed by atoms with Gasteiger partial charge in [-0.2, -0.15) is 5.10 Å². The number of H-pyrrole nitrogens is 1. The van der Waals surface area contributed by atoms with E-state index in [0.29, 0.717) is 28.5 Å². The van der Waals surface area contributed by atoms with Gasteiger partial charge in [-0.15, -0.1) is 10.2 Å². The van der Waals surface area contributed by atoms with Crippen LogP contribution < -0.4 is 5.32 Å². The number of aromatic nitrogens is 7. The monoisotopic (exact) mass is 346 g/mol. The van der Waals surface area contributed by atoms with E-state index in [-0.39, 0.29) is 5.82 Å². The fourth-order valence-electron chi connectivity index (χ4n) is 2.88. The summed E-state index contributed by atoms with van der Waals surface area (Å²) < 4.78 is 15.9. The second-order valence-corrected chi connectivity index (χ2v) is 5.60. The number of fused-ring (bicyclic) bond motifs is 3. The highest BCUT2D eigenvalue weighted by molar-refractivity contribution is 5.93. The summed E-state index contributed by atoms with van der Waals surface area (Å²) in [5.41, 5.74) is 3.04. The molecule has 0 aliphatic rings. The van der Waals surface area contributed by atoms with Crippen LogP contribution in [0.5, 0.6) is 0 Å². The molecule has 9 heteroatoms. The number of rotatable bonds is 3. The third kappa shape index (κ3) is 2.18. The normalized spacial score (nSPS) is 11.3. The van der Waals surface area contributed by atoms with Crippen LogP contribution in [0, 0.1) is 5.82 Å². The molecule has 5 rings (SSSR count). The van der Waals surface area contributed by atoms with E-state index in [4.69, 9.17) is 0 Å². The zero-order chi connectivity index (χ0) is 17.5. The molecule has 0 bridgehead atoms. The molecule has 0 unspecified atom stereocenters. The second-order valence-electron chi connectivity index (χ2n) is 5.60. The third-order valence-electron chi connectivity index (χ3n) is 4.05. The average molecular weight is 346 g/mol. The highest BCUT2D eigenvalue weighted by Gasteiger charge is 2.16. The maximum atomic E-state index is 14.1. The number of nitrogens with one attached hydrogen (secondary N) is 2. The van der Waals surface area contributed by atoms with Gasteiger partial charge in [0.15, 0.2) is 11.6 Å². The Morgan fingerprint density at radius 3 is 2.85 bits per heavy atom. The maximum absolute atomic E-state index is 14.1. The number of aromatic amines is 1. The molecule has 0 atom stereocenters. The van der Waals surface area contributed by atoms with Crippen LogP contribution >= 0.6 is 0 Å². The van der Waals surface area contributed by atoms with Crippen LogP contribution in [0.1, 0.15) is 0 Å². The summed E-state index contributed by atoms with van der Waals surface area (Å²) in [6, 6.07) is 12.1. The second kappa shape index (κ2) is 5.59. The quantitative estimate of drug-likeness (QED) is 0.521. The SMILES string of the molecule is Fc1ccccc1Nc1nc2c(-c3ncn[nH]3)cccc2n2cnnc12. The van der Waals surface area contributed by atoms with Gasteiger partial charge in [-0.3, -0.25) is 9.50 Å². The van der Waals surface area contributed by atoms with Crippen LogP contribution in [0.15, 0.2) is 55.1 Å². The van der Waals surface area contributed by atoms with E-state index in [1.165, 1.54) is 12.4 Å². The van der Waals surface area contributed by atoms with Gasteiger partial charge in [-0.1, -0.05) is 18.2 Å². The Kier molecular flexibility index (Phi) is 3.11. The average Bonchev–Trinajstić information content (AvgIpc) is 3.35.